The van der Waals surface area contributed by atoms with Crippen LogP contribution in [0.3, 0.4) is 0 Å². The molecular formula is C22H24N4O2S. The largest absolute Gasteiger partial charge is 0.367 e. The molecule has 0 aliphatic carbocycles. The van der Waals surface area contributed by atoms with Gasteiger partial charge in [0.2, 0.25) is 10.0 Å². The summed E-state index contributed by atoms with van der Waals surface area (Å²) < 4.78 is 22.5. The number of nitrogens with zero attached hydrogens (tertiary/aromatic N) is 2. The summed E-state index contributed by atoms with van der Waals surface area (Å²) in [5, 5.41) is 9.29. The molecule has 0 aliphatic rings. The first-order valence-corrected chi connectivity index (χ1v) is 10.8. The Labute approximate surface area is 171 Å². The van der Waals surface area contributed by atoms with Crippen LogP contribution in [0, 0.1) is 0 Å². The number of hydrogen-bond donors (Lipinski definition) is 2. The predicted octanol–water partition coefficient (Wildman–Crippen LogP) is 3.81. The Morgan fingerprint density at radius 3 is 2.21 bits per heavy atom. The predicted molar refractivity (Wildman–Crippen MR) is 119 cm³/mol. The molecule has 0 aromatic heterocycles. The van der Waals surface area contributed by atoms with Crippen LogP contribution in [0.1, 0.15) is 18.1 Å². The van der Waals surface area contributed by atoms with E-state index in [0.29, 0.717) is 5.69 Å². The molecule has 0 atom stereocenters. The first-order chi connectivity index (χ1) is 14.0. The van der Waals surface area contributed by atoms with Gasteiger partial charge in [-0.05, 0) is 54.4 Å². The summed E-state index contributed by atoms with van der Waals surface area (Å²) in [6.45, 7) is 3.92. The maximum Gasteiger partial charge on any atom is 0.238 e. The Kier molecular flexibility index (Phi) is 6.64. The van der Waals surface area contributed by atoms with Crippen LogP contribution >= 0.6 is 0 Å². The number of anilines is 2. The van der Waals surface area contributed by atoms with Gasteiger partial charge < -0.3 is 4.90 Å². The highest BCUT2D eigenvalue weighted by Crippen LogP contribution is 2.18. The van der Waals surface area contributed by atoms with E-state index < -0.39 is 10.0 Å². The van der Waals surface area contributed by atoms with Crippen LogP contribution in [0.5, 0.6) is 0 Å². The molecule has 0 saturated carbocycles. The van der Waals surface area contributed by atoms with Crippen molar-refractivity contribution in [1.82, 2.24) is 0 Å². The van der Waals surface area contributed by atoms with Crippen molar-refractivity contribution in [3.63, 3.8) is 0 Å². The van der Waals surface area contributed by atoms with Gasteiger partial charge in [-0.2, -0.15) is 5.10 Å². The van der Waals surface area contributed by atoms with Crippen LogP contribution < -0.4 is 15.5 Å². The van der Waals surface area contributed by atoms with Gasteiger partial charge in [-0.15, -0.1) is 0 Å². The molecule has 0 aliphatic heterocycles. The second-order valence-electron chi connectivity index (χ2n) is 6.53. The lowest BCUT2D eigenvalue weighted by Gasteiger charge is -2.23. The first-order valence-electron chi connectivity index (χ1n) is 9.26. The van der Waals surface area contributed by atoms with Crippen LogP contribution in [0.2, 0.25) is 0 Å². The molecule has 29 heavy (non-hydrogen) atoms. The van der Waals surface area contributed by atoms with E-state index >= 15 is 0 Å². The minimum absolute atomic E-state index is 0.0681. The molecule has 0 fully saturated rings. The molecule has 0 heterocycles. The highest BCUT2D eigenvalue weighted by Gasteiger charge is 2.06. The second-order valence-corrected chi connectivity index (χ2v) is 8.09. The lowest BCUT2D eigenvalue weighted by atomic mass is 10.1. The van der Waals surface area contributed by atoms with E-state index in [9.17, 15) is 8.42 Å². The van der Waals surface area contributed by atoms with Crippen LogP contribution in [0.4, 0.5) is 11.4 Å². The van der Waals surface area contributed by atoms with Crippen LogP contribution in [0.15, 0.2) is 88.9 Å². The van der Waals surface area contributed by atoms with Crippen molar-refractivity contribution in [2.24, 2.45) is 10.2 Å². The number of rotatable bonds is 8. The standard InChI is InChI=1S/C22H24N4O2S/c1-2-26(17-19-6-4-3-5-7-19)21-12-8-18(9-13-21)16-24-25-20-10-14-22(15-11-20)29(23,27)28/h3-16,25H,2,17H2,1H3,(H2,23,27,28)/b24-16+. The molecule has 0 bridgehead atoms. The Balaban J connectivity index is 1.61. The number of hydrogen-bond acceptors (Lipinski definition) is 5. The molecule has 0 unspecified atom stereocenters. The molecule has 3 N–H and O–H groups in total. The third-order valence-electron chi connectivity index (χ3n) is 4.45. The van der Waals surface area contributed by atoms with Gasteiger partial charge in [0.15, 0.2) is 0 Å². The topological polar surface area (TPSA) is 87.8 Å². The third-order valence-corrected chi connectivity index (χ3v) is 5.38. The Hall–Kier alpha value is -3.16. The third kappa shape index (κ3) is 5.91. The minimum atomic E-state index is -3.69. The van der Waals surface area contributed by atoms with E-state index in [0.717, 1.165) is 24.3 Å². The molecule has 0 amide bonds. The lowest BCUT2D eigenvalue weighted by Crippen LogP contribution is -2.21. The van der Waals surface area contributed by atoms with Crippen molar-refractivity contribution in [3.05, 3.63) is 90.0 Å². The maximum absolute atomic E-state index is 11.3. The van der Waals surface area contributed by atoms with Crippen molar-refractivity contribution in [2.75, 3.05) is 16.9 Å². The Morgan fingerprint density at radius 2 is 1.62 bits per heavy atom. The molecule has 7 heteroatoms. The average molecular weight is 409 g/mol. The molecule has 3 rings (SSSR count). The van der Waals surface area contributed by atoms with E-state index in [1.165, 1.54) is 17.7 Å². The summed E-state index contributed by atoms with van der Waals surface area (Å²) in [5.74, 6) is 0. The van der Waals surface area contributed by atoms with Crippen LogP contribution in [-0.4, -0.2) is 21.2 Å². The summed E-state index contributed by atoms with van der Waals surface area (Å²) in [4.78, 5) is 2.38. The Morgan fingerprint density at radius 1 is 0.966 bits per heavy atom. The molecule has 0 saturated heterocycles. The van der Waals surface area contributed by atoms with Crippen LogP contribution in [0.25, 0.3) is 0 Å². The van der Waals surface area contributed by atoms with E-state index in [1.54, 1.807) is 18.3 Å². The van der Waals surface area contributed by atoms with E-state index in [2.05, 4.69) is 58.7 Å². The number of primary sulfonamides is 1. The van der Waals surface area contributed by atoms with Crippen molar-refractivity contribution in [1.29, 1.82) is 0 Å². The van der Waals surface area contributed by atoms with Gasteiger partial charge in [-0.25, -0.2) is 13.6 Å². The fourth-order valence-corrected chi connectivity index (χ4v) is 3.38. The van der Waals surface area contributed by atoms with Gasteiger partial charge in [0.1, 0.15) is 0 Å². The second kappa shape index (κ2) is 9.36. The van der Waals surface area contributed by atoms with Gasteiger partial charge in [-0.1, -0.05) is 42.5 Å². The van der Waals surface area contributed by atoms with Crippen molar-refractivity contribution in [2.45, 2.75) is 18.4 Å². The zero-order valence-corrected chi connectivity index (χ0v) is 17.0. The number of hydrazone groups is 1. The van der Waals surface area contributed by atoms with Crippen LogP contribution in [-0.2, 0) is 16.6 Å². The number of nitrogens with one attached hydrogen (secondary N) is 1. The van der Waals surface area contributed by atoms with Gasteiger partial charge >= 0.3 is 0 Å². The lowest BCUT2D eigenvalue weighted by molar-refractivity contribution is 0.598. The number of nitrogens with two attached hydrogens (primary N) is 1. The Bertz CT molecular complexity index is 1050. The minimum Gasteiger partial charge on any atom is -0.367 e. The molecular weight excluding hydrogens is 384 g/mol. The number of benzene rings is 3. The maximum atomic E-state index is 11.3. The van der Waals surface area contributed by atoms with Gasteiger partial charge in [0.25, 0.3) is 0 Å². The normalized spacial score (nSPS) is 11.5. The zero-order chi connectivity index (χ0) is 20.7. The summed E-state index contributed by atoms with van der Waals surface area (Å²) in [7, 11) is -3.69. The van der Waals surface area contributed by atoms with Crippen molar-refractivity contribution in [3.8, 4) is 0 Å². The molecule has 3 aromatic carbocycles. The SMILES string of the molecule is CCN(Cc1ccccc1)c1ccc(/C=N/Nc2ccc(S(N)(=O)=O)cc2)cc1. The van der Waals surface area contributed by atoms with Gasteiger partial charge in [0, 0.05) is 18.8 Å². The average Bonchev–Trinajstić information content (AvgIpc) is 2.73. The molecule has 3 aromatic rings. The summed E-state index contributed by atoms with van der Waals surface area (Å²) in [6.07, 6.45) is 1.71. The van der Waals surface area contributed by atoms with Crippen molar-refractivity contribution >= 4 is 27.6 Å². The summed E-state index contributed by atoms with van der Waals surface area (Å²) >= 11 is 0. The smallest absolute Gasteiger partial charge is 0.238 e. The van der Waals surface area contributed by atoms with Gasteiger partial charge in [-0.3, -0.25) is 5.43 Å². The first kappa shape index (κ1) is 20.6. The summed E-state index contributed by atoms with van der Waals surface area (Å²) in [5.41, 5.74) is 6.93. The van der Waals surface area contributed by atoms with Crippen molar-refractivity contribution < 1.29 is 8.42 Å². The highest BCUT2D eigenvalue weighted by atomic mass is 32.2. The number of sulfonamides is 1. The quantitative estimate of drug-likeness (QED) is 0.438. The fraction of sp³-hybridized carbons (Fsp3) is 0.136. The summed E-state index contributed by atoms with van der Waals surface area (Å²) in [6, 6.07) is 24.7. The molecule has 0 radical (unpaired) electrons. The molecule has 0 spiro atoms. The molecule has 6 nitrogen and oxygen atoms in total. The highest BCUT2D eigenvalue weighted by molar-refractivity contribution is 7.89. The monoisotopic (exact) mass is 408 g/mol. The fourth-order valence-electron chi connectivity index (χ4n) is 2.86. The zero-order valence-electron chi connectivity index (χ0n) is 16.2. The van der Waals surface area contributed by atoms with E-state index in [1.807, 2.05) is 18.2 Å². The van der Waals surface area contributed by atoms with E-state index in [-0.39, 0.29) is 4.90 Å². The van der Waals surface area contributed by atoms with E-state index in [4.69, 9.17) is 5.14 Å². The molecule has 150 valence electrons. The van der Waals surface area contributed by atoms with Gasteiger partial charge in [0.05, 0.1) is 16.8 Å².